The first kappa shape index (κ1) is 18.2. The molecule has 0 unspecified atom stereocenters. The molecule has 2 saturated heterocycles. The number of amides is 1. The second-order valence-corrected chi connectivity index (χ2v) is 7.93. The maximum Gasteiger partial charge on any atom is 0.277 e. The zero-order valence-corrected chi connectivity index (χ0v) is 16.1. The standard InChI is InChI=1S/C23H29N3O/c27-22(25-13-7-8-14-25)19-24-15-17-26(18-16-24)23(20-9-3-1-4-10-20)21-11-5-2-6-12-21/h1-6,9-12,23H,7-8,13-19H2/p+2. The molecule has 2 N–H and O–H groups in total. The summed E-state index contributed by atoms with van der Waals surface area (Å²) in [5.74, 6) is 0.355. The Morgan fingerprint density at radius 3 is 1.85 bits per heavy atom. The van der Waals surface area contributed by atoms with Gasteiger partial charge in [-0.1, -0.05) is 60.7 Å². The molecule has 0 spiro atoms. The van der Waals surface area contributed by atoms with Gasteiger partial charge in [-0.2, -0.15) is 0 Å². The maximum atomic E-state index is 12.5. The minimum absolute atomic E-state index is 0.355. The fourth-order valence-electron chi connectivity index (χ4n) is 4.64. The first-order valence-corrected chi connectivity index (χ1v) is 10.4. The van der Waals surface area contributed by atoms with Gasteiger partial charge in [-0.3, -0.25) is 4.79 Å². The Labute approximate surface area is 162 Å². The van der Waals surface area contributed by atoms with Crippen LogP contribution >= 0.6 is 0 Å². The molecule has 2 fully saturated rings. The van der Waals surface area contributed by atoms with Crippen molar-refractivity contribution in [3.8, 4) is 0 Å². The topological polar surface area (TPSA) is 29.2 Å². The van der Waals surface area contributed by atoms with Crippen LogP contribution in [0.25, 0.3) is 0 Å². The first-order valence-electron chi connectivity index (χ1n) is 10.4. The molecule has 0 aromatic heterocycles. The van der Waals surface area contributed by atoms with Crippen LogP contribution in [-0.2, 0) is 4.79 Å². The van der Waals surface area contributed by atoms with Crippen molar-refractivity contribution in [3.63, 3.8) is 0 Å². The van der Waals surface area contributed by atoms with E-state index in [4.69, 9.17) is 0 Å². The molecule has 4 rings (SSSR count). The number of hydrogen-bond acceptors (Lipinski definition) is 1. The lowest BCUT2D eigenvalue weighted by atomic mass is 9.96. The summed E-state index contributed by atoms with van der Waals surface area (Å²) in [6.45, 7) is 6.97. The van der Waals surface area contributed by atoms with Crippen LogP contribution in [0.3, 0.4) is 0 Å². The number of benzene rings is 2. The summed E-state index contributed by atoms with van der Waals surface area (Å²) in [5, 5.41) is 0. The van der Waals surface area contributed by atoms with Crippen molar-refractivity contribution in [1.82, 2.24) is 4.90 Å². The molecular weight excluding hydrogens is 334 g/mol. The van der Waals surface area contributed by atoms with E-state index in [0.717, 1.165) is 39.3 Å². The smallest absolute Gasteiger partial charge is 0.277 e. The van der Waals surface area contributed by atoms with Gasteiger partial charge in [0.25, 0.3) is 5.91 Å². The number of nitrogens with zero attached hydrogens (tertiary/aromatic N) is 1. The molecule has 1 amide bonds. The maximum absolute atomic E-state index is 12.5. The number of piperazine rings is 1. The molecule has 4 heteroatoms. The summed E-state index contributed by atoms with van der Waals surface area (Å²) in [6, 6.07) is 22.1. The molecule has 2 aromatic rings. The average Bonchev–Trinajstić information content (AvgIpc) is 3.26. The van der Waals surface area contributed by atoms with Crippen LogP contribution < -0.4 is 9.80 Å². The van der Waals surface area contributed by atoms with Crippen LogP contribution in [0.15, 0.2) is 60.7 Å². The van der Waals surface area contributed by atoms with E-state index in [1.54, 1.807) is 4.90 Å². The van der Waals surface area contributed by atoms with Crippen LogP contribution in [0, 0.1) is 0 Å². The van der Waals surface area contributed by atoms with Crippen LogP contribution in [0.1, 0.15) is 30.0 Å². The van der Waals surface area contributed by atoms with Crippen molar-refractivity contribution >= 4 is 5.91 Å². The quantitative estimate of drug-likeness (QED) is 0.778. The molecule has 0 bridgehead atoms. The Morgan fingerprint density at radius 2 is 1.33 bits per heavy atom. The predicted molar refractivity (Wildman–Crippen MR) is 107 cm³/mol. The number of nitrogens with one attached hydrogen (secondary N) is 2. The zero-order valence-electron chi connectivity index (χ0n) is 16.1. The lowest BCUT2D eigenvalue weighted by Crippen LogP contribution is -3.28. The Bertz CT molecular complexity index is 680. The minimum atomic E-state index is 0.355. The summed E-state index contributed by atoms with van der Waals surface area (Å²) in [5.41, 5.74) is 2.77. The molecule has 2 heterocycles. The summed E-state index contributed by atoms with van der Waals surface area (Å²) < 4.78 is 0. The van der Waals surface area contributed by atoms with E-state index >= 15 is 0 Å². The van der Waals surface area contributed by atoms with Crippen molar-refractivity contribution in [1.29, 1.82) is 0 Å². The van der Waals surface area contributed by atoms with E-state index in [1.807, 2.05) is 0 Å². The van der Waals surface area contributed by atoms with Crippen molar-refractivity contribution in [2.45, 2.75) is 18.9 Å². The van der Waals surface area contributed by atoms with Gasteiger partial charge in [0.2, 0.25) is 0 Å². The summed E-state index contributed by atoms with van der Waals surface area (Å²) in [6.07, 6.45) is 2.35. The molecule has 0 atom stereocenters. The Morgan fingerprint density at radius 1 is 0.815 bits per heavy atom. The van der Waals surface area contributed by atoms with Gasteiger partial charge in [0.05, 0.1) is 0 Å². The van der Waals surface area contributed by atoms with Gasteiger partial charge < -0.3 is 14.7 Å². The molecule has 27 heavy (non-hydrogen) atoms. The second-order valence-electron chi connectivity index (χ2n) is 7.93. The highest BCUT2D eigenvalue weighted by Crippen LogP contribution is 2.18. The summed E-state index contributed by atoms with van der Waals surface area (Å²) in [7, 11) is 0. The van der Waals surface area contributed by atoms with E-state index in [1.165, 1.54) is 28.9 Å². The molecule has 2 aliphatic rings. The van der Waals surface area contributed by atoms with E-state index < -0.39 is 0 Å². The van der Waals surface area contributed by atoms with Gasteiger partial charge in [0.1, 0.15) is 32.2 Å². The highest BCUT2D eigenvalue weighted by molar-refractivity contribution is 5.77. The van der Waals surface area contributed by atoms with Gasteiger partial charge in [0, 0.05) is 24.2 Å². The predicted octanol–water partition coefficient (Wildman–Crippen LogP) is 0.182. The normalized spacial score (nSPS) is 22.9. The third kappa shape index (κ3) is 4.40. The lowest BCUT2D eigenvalue weighted by molar-refractivity contribution is -1.02. The van der Waals surface area contributed by atoms with E-state index in [2.05, 4.69) is 65.6 Å². The number of hydrogen-bond donors (Lipinski definition) is 2. The van der Waals surface area contributed by atoms with Crippen molar-refractivity contribution in [3.05, 3.63) is 71.8 Å². The highest BCUT2D eigenvalue weighted by atomic mass is 16.2. The van der Waals surface area contributed by atoms with Gasteiger partial charge in [-0.25, -0.2) is 0 Å². The van der Waals surface area contributed by atoms with Crippen LogP contribution in [0.2, 0.25) is 0 Å². The monoisotopic (exact) mass is 365 g/mol. The molecule has 142 valence electrons. The zero-order chi connectivity index (χ0) is 18.5. The number of carbonyl (C=O) groups is 1. The average molecular weight is 366 g/mol. The SMILES string of the molecule is O=C(C[NH+]1CC[NH+](C(c2ccccc2)c2ccccc2)CC1)N1CCCC1. The minimum Gasteiger partial charge on any atom is -0.338 e. The van der Waals surface area contributed by atoms with E-state index in [9.17, 15) is 4.79 Å². The molecule has 4 nitrogen and oxygen atoms in total. The molecule has 2 aromatic carbocycles. The van der Waals surface area contributed by atoms with Crippen molar-refractivity contribution in [2.75, 3.05) is 45.8 Å². The number of likely N-dealkylation sites (tertiary alicyclic amines) is 1. The third-order valence-electron chi connectivity index (χ3n) is 6.13. The lowest BCUT2D eigenvalue weighted by Gasteiger charge is -2.35. The number of rotatable bonds is 5. The second kappa shape index (κ2) is 8.68. The van der Waals surface area contributed by atoms with Gasteiger partial charge in [-0.05, 0) is 12.8 Å². The highest BCUT2D eigenvalue weighted by Gasteiger charge is 2.33. The largest absolute Gasteiger partial charge is 0.338 e. The Hall–Kier alpha value is -2.17. The number of carbonyl (C=O) groups excluding carboxylic acids is 1. The summed E-state index contributed by atoms with van der Waals surface area (Å²) >= 11 is 0. The van der Waals surface area contributed by atoms with E-state index in [-0.39, 0.29) is 0 Å². The molecule has 2 aliphatic heterocycles. The van der Waals surface area contributed by atoms with Crippen LogP contribution in [0.5, 0.6) is 0 Å². The number of quaternary nitrogens is 2. The fourth-order valence-corrected chi connectivity index (χ4v) is 4.64. The Balaban J connectivity index is 1.42. The van der Waals surface area contributed by atoms with E-state index in [0.29, 0.717) is 18.5 Å². The van der Waals surface area contributed by atoms with Gasteiger partial charge in [-0.15, -0.1) is 0 Å². The van der Waals surface area contributed by atoms with Crippen LogP contribution in [0.4, 0.5) is 0 Å². The summed E-state index contributed by atoms with van der Waals surface area (Å²) in [4.78, 5) is 17.6. The van der Waals surface area contributed by atoms with Crippen LogP contribution in [-0.4, -0.2) is 56.6 Å². The first-order chi connectivity index (χ1) is 13.3. The fraction of sp³-hybridized carbons (Fsp3) is 0.435. The van der Waals surface area contributed by atoms with Gasteiger partial charge in [0.15, 0.2) is 6.54 Å². The molecular formula is C23H31N3O+2. The Kier molecular flexibility index (Phi) is 5.85. The third-order valence-corrected chi connectivity index (χ3v) is 6.13. The van der Waals surface area contributed by atoms with Crippen molar-refractivity contribution in [2.24, 2.45) is 0 Å². The van der Waals surface area contributed by atoms with Gasteiger partial charge >= 0.3 is 0 Å². The molecule has 0 radical (unpaired) electrons. The molecule has 0 aliphatic carbocycles. The van der Waals surface area contributed by atoms with Crippen molar-refractivity contribution < 1.29 is 14.6 Å². The molecule has 0 saturated carbocycles.